The van der Waals surface area contributed by atoms with Gasteiger partial charge in [0.25, 0.3) is 0 Å². The van der Waals surface area contributed by atoms with E-state index < -0.39 is 5.67 Å². The Bertz CT molecular complexity index is 329. The molecule has 0 saturated heterocycles. The average Bonchev–Trinajstić information content (AvgIpc) is 2.30. The molecule has 1 atom stereocenters. The molecule has 90 valence electrons. The van der Waals surface area contributed by atoms with Crippen LogP contribution in [0.25, 0.3) is 0 Å². The van der Waals surface area contributed by atoms with Gasteiger partial charge in [-0.2, -0.15) is 0 Å². The van der Waals surface area contributed by atoms with Crippen LogP contribution in [-0.2, 0) is 5.67 Å². The highest BCUT2D eigenvalue weighted by molar-refractivity contribution is 5.38. The first-order valence-electron chi connectivity index (χ1n) is 5.79. The number of hydrogen-bond acceptors (Lipinski definition) is 2. The van der Waals surface area contributed by atoms with Gasteiger partial charge in [-0.05, 0) is 19.4 Å². The van der Waals surface area contributed by atoms with E-state index in [1.807, 2.05) is 26.0 Å². The van der Waals surface area contributed by atoms with E-state index in [0.29, 0.717) is 24.3 Å². The lowest BCUT2D eigenvalue weighted by Crippen LogP contribution is -2.30. The predicted molar refractivity (Wildman–Crippen MR) is 64.4 cm³/mol. The van der Waals surface area contributed by atoms with Crippen molar-refractivity contribution in [1.82, 2.24) is 0 Å². The van der Waals surface area contributed by atoms with Gasteiger partial charge in [0.15, 0.2) is 5.67 Å². The largest absolute Gasteiger partial charge is 0.493 e. The number of alkyl halides is 1. The molecule has 0 aliphatic heterocycles. The van der Waals surface area contributed by atoms with Crippen molar-refractivity contribution in [2.75, 3.05) is 13.2 Å². The molecule has 1 unspecified atom stereocenters. The van der Waals surface area contributed by atoms with Crippen LogP contribution in [0.2, 0.25) is 0 Å². The van der Waals surface area contributed by atoms with Gasteiger partial charge in [0.2, 0.25) is 0 Å². The molecule has 0 fully saturated rings. The molecule has 1 rings (SSSR count). The number of nitrogens with two attached hydrogens (primary N) is 1. The molecule has 0 aliphatic rings. The van der Waals surface area contributed by atoms with Gasteiger partial charge in [-0.1, -0.05) is 31.5 Å². The standard InChI is InChI=1S/C13H20FNO/c1-3-9-13(14,10-15)11-7-5-6-8-12(11)16-4-2/h5-8H,3-4,9-10,15H2,1-2H3. The van der Waals surface area contributed by atoms with Crippen LogP contribution in [0.3, 0.4) is 0 Å². The summed E-state index contributed by atoms with van der Waals surface area (Å²) in [6, 6.07) is 7.21. The molecule has 0 aromatic heterocycles. The average molecular weight is 225 g/mol. The minimum Gasteiger partial charge on any atom is -0.493 e. The van der Waals surface area contributed by atoms with Crippen molar-refractivity contribution in [2.45, 2.75) is 32.4 Å². The lowest BCUT2D eigenvalue weighted by molar-refractivity contribution is 0.152. The van der Waals surface area contributed by atoms with Gasteiger partial charge in [0.1, 0.15) is 5.75 Å². The second kappa shape index (κ2) is 5.85. The first-order valence-corrected chi connectivity index (χ1v) is 5.79. The van der Waals surface area contributed by atoms with Crippen molar-refractivity contribution in [3.63, 3.8) is 0 Å². The molecule has 1 aromatic carbocycles. The maximum Gasteiger partial charge on any atom is 0.151 e. The van der Waals surface area contributed by atoms with E-state index in [0.717, 1.165) is 6.42 Å². The van der Waals surface area contributed by atoms with Crippen LogP contribution in [0.1, 0.15) is 32.3 Å². The van der Waals surface area contributed by atoms with Gasteiger partial charge >= 0.3 is 0 Å². The minimum absolute atomic E-state index is 0.00900. The number of halogens is 1. The summed E-state index contributed by atoms with van der Waals surface area (Å²) >= 11 is 0. The Labute approximate surface area is 96.6 Å². The lowest BCUT2D eigenvalue weighted by Gasteiger charge is -2.25. The van der Waals surface area contributed by atoms with Crippen molar-refractivity contribution in [1.29, 1.82) is 0 Å². The summed E-state index contributed by atoms with van der Waals surface area (Å²) < 4.78 is 20.1. The van der Waals surface area contributed by atoms with Crippen LogP contribution in [0.4, 0.5) is 4.39 Å². The highest BCUT2D eigenvalue weighted by atomic mass is 19.1. The molecule has 3 heteroatoms. The predicted octanol–water partition coefficient (Wildman–Crippen LogP) is 3.01. The Balaban J connectivity index is 3.08. The maximum absolute atomic E-state index is 14.6. The molecular weight excluding hydrogens is 205 g/mol. The second-order valence-corrected chi connectivity index (χ2v) is 3.85. The van der Waals surface area contributed by atoms with E-state index in [2.05, 4.69) is 0 Å². The normalized spacial score (nSPS) is 14.5. The monoisotopic (exact) mass is 225 g/mol. The quantitative estimate of drug-likeness (QED) is 0.807. The van der Waals surface area contributed by atoms with Gasteiger partial charge in [0.05, 0.1) is 6.61 Å². The highest BCUT2D eigenvalue weighted by Gasteiger charge is 2.32. The molecule has 2 N–H and O–H groups in total. The molecule has 0 aliphatic carbocycles. The summed E-state index contributed by atoms with van der Waals surface area (Å²) in [5.74, 6) is 0.603. The van der Waals surface area contributed by atoms with Crippen molar-refractivity contribution < 1.29 is 9.13 Å². The third kappa shape index (κ3) is 2.73. The molecule has 2 nitrogen and oxygen atoms in total. The van der Waals surface area contributed by atoms with Gasteiger partial charge in [-0.15, -0.1) is 0 Å². The van der Waals surface area contributed by atoms with Crippen LogP contribution >= 0.6 is 0 Å². The molecule has 0 saturated carbocycles. The van der Waals surface area contributed by atoms with Crippen molar-refractivity contribution >= 4 is 0 Å². The Hall–Kier alpha value is -1.09. The van der Waals surface area contributed by atoms with Crippen molar-refractivity contribution in [3.05, 3.63) is 29.8 Å². The molecular formula is C13H20FNO. The third-order valence-corrected chi connectivity index (χ3v) is 2.64. The van der Waals surface area contributed by atoms with Gasteiger partial charge in [0, 0.05) is 12.1 Å². The summed E-state index contributed by atoms with van der Waals surface area (Å²) in [6.07, 6.45) is 1.18. The highest BCUT2D eigenvalue weighted by Crippen LogP contribution is 2.36. The van der Waals surface area contributed by atoms with E-state index in [1.165, 1.54) is 0 Å². The molecule has 0 radical (unpaired) electrons. The molecule has 0 bridgehead atoms. The Morgan fingerprint density at radius 3 is 2.56 bits per heavy atom. The van der Waals surface area contributed by atoms with Crippen LogP contribution in [-0.4, -0.2) is 13.2 Å². The number of rotatable bonds is 6. The summed E-state index contributed by atoms with van der Waals surface area (Å²) in [5, 5.41) is 0. The van der Waals surface area contributed by atoms with Crippen LogP contribution in [0, 0.1) is 0 Å². The first-order chi connectivity index (χ1) is 7.68. The van der Waals surface area contributed by atoms with Crippen molar-refractivity contribution in [3.8, 4) is 5.75 Å². The van der Waals surface area contributed by atoms with Gasteiger partial charge in [-0.3, -0.25) is 0 Å². The molecule has 1 aromatic rings. The fraction of sp³-hybridized carbons (Fsp3) is 0.538. The van der Waals surface area contributed by atoms with E-state index in [1.54, 1.807) is 12.1 Å². The smallest absolute Gasteiger partial charge is 0.151 e. The summed E-state index contributed by atoms with van der Waals surface area (Å²) in [4.78, 5) is 0. The zero-order valence-electron chi connectivity index (χ0n) is 10.0. The number of hydrogen-bond donors (Lipinski definition) is 1. The van der Waals surface area contributed by atoms with Crippen LogP contribution < -0.4 is 10.5 Å². The van der Waals surface area contributed by atoms with Crippen LogP contribution in [0.5, 0.6) is 5.75 Å². The lowest BCUT2D eigenvalue weighted by atomic mass is 9.90. The zero-order valence-corrected chi connectivity index (χ0v) is 10.0. The van der Waals surface area contributed by atoms with E-state index >= 15 is 0 Å². The fourth-order valence-corrected chi connectivity index (χ4v) is 1.86. The van der Waals surface area contributed by atoms with E-state index in [9.17, 15) is 4.39 Å². The summed E-state index contributed by atoms with van der Waals surface area (Å²) in [6.45, 7) is 4.36. The zero-order chi connectivity index (χ0) is 12.0. The summed E-state index contributed by atoms with van der Waals surface area (Å²) in [5.41, 5.74) is 4.66. The molecule has 0 spiro atoms. The van der Waals surface area contributed by atoms with Gasteiger partial charge < -0.3 is 10.5 Å². The molecule has 16 heavy (non-hydrogen) atoms. The number of para-hydroxylation sites is 1. The second-order valence-electron chi connectivity index (χ2n) is 3.85. The Kier molecular flexibility index (Phi) is 4.74. The third-order valence-electron chi connectivity index (χ3n) is 2.64. The number of ether oxygens (including phenoxy) is 1. The van der Waals surface area contributed by atoms with Crippen molar-refractivity contribution in [2.24, 2.45) is 5.73 Å². The Morgan fingerprint density at radius 2 is 2.00 bits per heavy atom. The first kappa shape index (κ1) is 13.0. The SMILES string of the molecule is CCCC(F)(CN)c1ccccc1OCC. The Morgan fingerprint density at radius 1 is 1.31 bits per heavy atom. The molecule has 0 amide bonds. The van der Waals surface area contributed by atoms with Crippen LogP contribution in [0.15, 0.2) is 24.3 Å². The minimum atomic E-state index is -1.47. The topological polar surface area (TPSA) is 35.2 Å². The van der Waals surface area contributed by atoms with E-state index in [4.69, 9.17) is 10.5 Å². The summed E-state index contributed by atoms with van der Waals surface area (Å²) in [7, 11) is 0. The number of benzene rings is 1. The van der Waals surface area contributed by atoms with E-state index in [-0.39, 0.29) is 6.54 Å². The van der Waals surface area contributed by atoms with Gasteiger partial charge in [-0.25, -0.2) is 4.39 Å². The molecule has 0 heterocycles. The maximum atomic E-state index is 14.6. The fourth-order valence-electron chi connectivity index (χ4n) is 1.86.